The zero-order valence-corrected chi connectivity index (χ0v) is 60.4. The summed E-state index contributed by atoms with van der Waals surface area (Å²) in [4.78, 5) is 4.63. The number of para-hydroxylation sites is 2. The Morgan fingerprint density at radius 3 is 1.07 bits per heavy atom. The molecule has 11 aromatic rings. The van der Waals surface area contributed by atoms with Gasteiger partial charge in [-0.3, -0.25) is 0 Å². The van der Waals surface area contributed by atoms with Gasteiger partial charge in [-0.2, -0.15) is 0 Å². The molecule has 0 atom stereocenters. The summed E-state index contributed by atoms with van der Waals surface area (Å²) in [7, 11) is 0. The standard InChI is InChI=1S/C91H102N4O5/c1-9-13-17-27-59-96-85-64-82(86(63-68(85)6)97-60-28-18-14-10-2)71-37-39-73(40-38-71)89-92-93-90(100-89)74-41-49-75(50-42-74)91(7,8)84-66-87(98-61-29-19-15-11-3)83(65-88(84)99-62-30-20-16-12-4)72-47-57-81(58-48-72)95(77-33-25-22-26-34-77)80-55-45-70(46-56-80)69-43-53-79(54-44-69)94(76-31-23-21-24-32-76)78-51-35-67(5)36-52-78/h21-26,31-58,63-66H,9-20,27-30,59-62H2,1-8H3. The van der Waals surface area contributed by atoms with E-state index in [0.29, 0.717) is 38.2 Å². The smallest absolute Gasteiger partial charge is 0.248 e. The van der Waals surface area contributed by atoms with Crippen LogP contribution in [-0.2, 0) is 5.41 Å². The summed E-state index contributed by atoms with van der Waals surface area (Å²) in [6.07, 6.45) is 18.0. The molecular formula is C91H102N4O5. The van der Waals surface area contributed by atoms with E-state index in [2.05, 4.69) is 306 Å². The number of aryl methyl sites for hydroxylation is 2. The van der Waals surface area contributed by atoms with E-state index >= 15 is 0 Å². The third kappa shape index (κ3) is 18.3. The highest BCUT2D eigenvalue weighted by molar-refractivity contribution is 5.83. The van der Waals surface area contributed by atoms with E-state index in [1.165, 1.54) is 50.5 Å². The van der Waals surface area contributed by atoms with Gasteiger partial charge in [-0.25, -0.2) is 0 Å². The molecule has 0 radical (unpaired) electrons. The van der Waals surface area contributed by atoms with Crippen molar-refractivity contribution in [1.29, 1.82) is 0 Å². The molecule has 0 spiro atoms. The first-order chi connectivity index (χ1) is 49.0. The van der Waals surface area contributed by atoms with E-state index in [4.69, 9.17) is 23.4 Å². The Labute approximate surface area is 596 Å². The zero-order chi connectivity index (χ0) is 69.5. The number of rotatable bonds is 37. The molecule has 0 saturated heterocycles. The normalized spacial score (nSPS) is 11.4. The van der Waals surface area contributed by atoms with E-state index in [1.54, 1.807) is 0 Å². The summed E-state index contributed by atoms with van der Waals surface area (Å²) in [5.41, 5.74) is 18.6. The van der Waals surface area contributed by atoms with Crippen LogP contribution in [0.2, 0.25) is 0 Å². The second-order valence-corrected chi connectivity index (χ2v) is 27.1. The van der Waals surface area contributed by atoms with Crippen molar-refractivity contribution < 1.29 is 23.4 Å². The van der Waals surface area contributed by atoms with E-state index in [0.717, 1.165) is 176 Å². The molecule has 0 aliphatic rings. The Kier molecular flexibility index (Phi) is 25.5. The number of nitrogens with zero attached hydrogens (tertiary/aromatic N) is 4. The molecule has 9 nitrogen and oxygen atoms in total. The molecule has 0 aliphatic carbocycles. The van der Waals surface area contributed by atoms with E-state index in [1.807, 2.05) is 0 Å². The molecule has 0 bridgehead atoms. The van der Waals surface area contributed by atoms with Gasteiger partial charge in [0.25, 0.3) is 0 Å². The van der Waals surface area contributed by atoms with E-state index in [9.17, 15) is 0 Å². The molecule has 100 heavy (non-hydrogen) atoms. The summed E-state index contributed by atoms with van der Waals surface area (Å²) in [6.45, 7) is 20.4. The average molecular weight is 1330 g/mol. The zero-order valence-electron chi connectivity index (χ0n) is 60.4. The summed E-state index contributed by atoms with van der Waals surface area (Å²) >= 11 is 0. The number of anilines is 6. The first kappa shape index (κ1) is 71.4. The lowest BCUT2D eigenvalue weighted by molar-refractivity contribution is 0.292. The monoisotopic (exact) mass is 1330 g/mol. The van der Waals surface area contributed by atoms with Crippen LogP contribution in [-0.4, -0.2) is 36.6 Å². The number of unbranched alkanes of at least 4 members (excludes halogenated alkanes) is 12. The predicted molar refractivity (Wildman–Crippen MR) is 417 cm³/mol. The number of ether oxygens (including phenoxy) is 4. The van der Waals surface area contributed by atoms with Crippen LogP contribution in [0.3, 0.4) is 0 Å². The molecule has 0 saturated carbocycles. The highest BCUT2D eigenvalue weighted by Gasteiger charge is 2.30. The van der Waals surface area contributed by atoms with Crippen LogP contribution in [0.1, 0.15) is 167 Å². The van der Waals surface area contributed by atoms with Gasteiger partial charge in [-0.1, -0.05) is 233 Å². The van der Waals surface area contributed by atoms with Crippen molar-refractivity contribution in [2.75, 3.05) is 36.2 Å². The fraction of sp³-hybridized carbons (Fsp3) is 0.319. The topological polar surface area (TPSA) is 82.3 Å². The lowest BCUT2D eigenvalue weighted by Gasteiger charge is -2.30. The molecule has 0 aliphatic heterocycles. The Hall–Kier alpha value is -9.86. The first-order valence-electron chi connectivity index (χ1n) is 37.0. The van der Waals surface area contributed by atoms with E-state index < -0.39 is 5.41 Å². The van der Waals surface area contributed by atoms with Gasteiger partial charge in [0.15, 0.2) is 0 Å². The van der Waals surface area contributed by atoms with Gasteiger partial charge in [-0.05, 0) is 194 Å². The molecule has 516 valence electrons. The molecule has 1 heterocycles. The van der Waals surface area contributed by atoms with Crippen molar-refractivity contribution >= 4 is 34.1 Å². The van der Waals surface area contributed by atoms with Crippen molar-refractivity contribution in [1.82, 2.24) is 10.2 Å². The van der Waals surface area contributed by atoms with Gasteiger partial charge in [-0.15, -0.1) is 10.2 Å². The van der Waals surface area contributed by atoms with Crippen LogP contribution in [0, 0.1) is 13.8 Å². The quantitative estimate of drug-likeness (QED) is 0.0354. The van der Waals surface area contributed by atoms with Crippen LogP contribution in [0.4, 0.5) is 34.1 Å². The fourth-order valence-corrected chi connectivity index (χ4v) is 13.1. The van der Waals surface area contributed by atoms with Gasteiger partial charge < -0.3 is 33.2 Å². The van der Waals surface area contributed by atoms with Crippen LogP contribution in [0.25, 0.3) is 56.3 Å². The maximum Gasteiger partial charge on any atom is 0.248 e. The first-order valence-corrected chi connectivity index (χ1v) is 37.0. The summed E-state index contributed by atoms with van der Waals surface area (Å²) < 4.78 is 33.2. The average Bonchev–Trinajstić information content (AvgIpc) is 0.827. The molecular weight excluding hydrogens is 1230 g/mol. The Bertz CT molecular complexity index is 4260. The maximum atomic E-state index is 6.97. The molecule has 0 unspecified atom stereocenters. The van der Waals surface area contributed by atoms with Crippen molar-refractivity contribution in [3.8, 4) is 79.3 Å². The van der Waals surface area contributed by atoms with Crippen molar-refractivity contribution in [2.45, 2.75) is 164 Å². The SMILES string of the molecule is CCCCCCOc1cc(-c2ccc(-c3nnc(-c4ccc(C(C)(C)c5cc(OCCCCCC)c(-c6ccc(N(c7ccccc7)c7ccc(-c8ccc(N(c9ccccc9)c9ccc(C)cc9)cc8)cc7)cc6)cc5OCCCCCC)cc4)o3)cc2)c(OCCCCCC)cc1C. The number of benzene rings is 10. The van der Waals surface area contributed by atoms with Crippen LogP contribution in [0.5, 0.6) is 23.0 Å². The molecule has 0 N–H and O–H groups in total. The number of aromatic nitrogens is 2. The molecule has 10 aromatic carbocycles. The Morgan fingerprint density at radius 2 is 0.650 bits per heavy atom. The maximum absolute atomic E-state index is 6.97. The summed E-state index contributed by atoms with van der Waals surface area (Å²) in [5, 5.41) is 9.15. The van der Waals surface area contributed by atoms with Crippen LogP contribution < -0.4 is 28.7 Å². The minimum Gasteiger partial charge on any atom is -0.493 e. The highest BCUT2D eigenvalue weighted by atomic mass is 16.5. The lowest BCUT2D eigenvalue weighted by Crippen LogP contribution is -2.21. The third-order valence-electron chi connectivity index (χ3n) is 19.1. The Morgan fingerprint density at radius 1 is 0.320 bits per heavy atom. The van der Waals surface area contributed by atoms with Crippen molar-refractivity contribution in [3.05, 3.63) is 253 Å². The number of hydrogen-bond acceptors (Lipinski definition) is 9. The van der Waals surface area contributed by atoms with Crippen molar-refractivity contribution in [2.24, 2.45) is 0 Å². The molecule has 11 rings (SSSR count). The van der Waals surface area contributed by atoms with Gasteiger partial charge in [0.2, 0.25) is 11.8 Å². The van der Waals surface area contributed by atoms with Gasteiger partial charge in [0.05, 0.1) is 26.4 Å². The van der Waals surface area contributed by atoms with E-state index in [-0.39, 0.29) is 0 Å². The minimum atomic E-state index is -0.499. The Balaban J connectivity index is 0.850. The highest BCUT2D eigenvalue weighted by Crippen LogP contribution is 2.47. The largest absolute Gasteiger partial charge is 0.493 e. The second kappa shape index (κ2) is 35.8. The predicted octanol–water partition coefficient (Wildman–Crippen LogP) is 26.1. The summed E-state index contributed by atoms with van der Waals surface area (Å²) in [5.74, 6) is 4.39. The third-order valence-corrected chi connectivity index (χ3v) is 19.1. The molecule has 1 aromatic heterocycles. The van der Waals surface area contributed by atoms with Crippen LogP contribution in [0.15, 0.2) is 235 Å². The van der Waals surface area contributed by atoms with Gasteiger partial charge in [0, 0.05) is 67.4 Å². The molecule has 0 fully saturated rings. The van der Waals surface area contributed by atoms with Crippen molar-refractivity contribution in [3.63, 3.8) is 0 Å². The molecule has 9 heteroatoms. The summed E-state index contributed by atoms with van der Waals surface area (Å²) in [6, 6.07) is 82.3. The molecule has 0 amide bonds. The van der Waals surface area contributed by atoms with Gasteiger partial charge >= 0.3 is 0 Å². The van der Waals surface area contributed by atoms with Crippen LogP contribution >= 0.6 is 0 Å². The number of hydrogen-bond donors (Lipinski definition) is 0. The van der Waals surface area contributed by atoms with Gasteiger partial charge in [0.1, 0.15) is 23.0 Å². The minimum absolute atomic E-state index is 0.458. The second-order valence-electron chi connectivity index (χ2n) is 27.1. The lowest BCUT2D eigenvalue weighted by atomic mass is 9.76. The fourth-order valence-electron chi connectivity index (χ4n) is 13.1.